The van der Waals surface area contributed by atoms with Crippen molar-refractivity contribution in [3.63, 3.8) is 0 Å². The molecule has 1 aliphatic rings. The summed E-state index contributed by atoms with van der Waals surface area (Å²) in [5.41, 5.74) is 0.803. The molecule has 1 aliphatic heterocycles. The second-order valence-electron chi connectivity index (χ2n) is 6.37. The van der Waals surface area contributed by atoms with Gasteiger partial charge in [0.25, 0.3) is 0 Å². The highest BCUT2D eigenvalue weighted by Gasteiger charge is 2.26. The molecule has 0 saturated carbocycles. The summed E-state index contributed by atoms with van der Waals surface area (Å²) in [4.78, 5) is 18.6. The number of hydrogen-bond donors (Lipinski definition) is 1. The fraction of sp³-hybridized carbons (Fsp3) is 0.278. The number of piperidine rings is 1. The highest BCUT2D eigenvalue weighted by molar-refractivity contribution is 9.10. The van der Waals surface area contributed by atoms with Crippen molar-refractivity contribution in [1.82, 2.24) is 25.0 Å². The van der Waals surface area contributed by atoms with Gasteiger partial charge in [-0.05, 0) is 49.2 Å². The molecule has 1 amide bonds. The van der Waals surface area contributed by atoms with Crippen LogP contribution in [0.15, 0.2) is 53.5 Å². The van der Waals surface area contributed by atoms with Crippen molar-refractivity contribution in [3.05, 3.63) is 53.5 Å². The molecule has 1 saturated heterocycles. The Hall–Kier alpha value is -2.81. The fourth-order valence-electron chi connectivity index (χ4n) is 3.11. The van der Waals surface area contributed by atoms with E-state index in [-0.39, 0.29) is 11.8 Å². The fourth-order valence-corrected chi connectivity index (χ4v) is 3.38. The number of benzene rings is 1. The van der Waals surface area contributed by atoms with E-state index in [1.54, 1.807) is 11.0 Å². The van der Waals surface area contributed by atoms with Gasteiger partial charge in [0.2, 0.25) is 5.91 Å². The minimum atomic E-state index is -0.0841. The van der Waals surface area contributed by atoms with E-state index < -0.39 is 0 Å². The van der Waals surface area contributed by atoms with Gasteiger partial charge in [-0.1, -0.05) is 15.9 Å². The molecule has 3 aromatic rings. The second-order valence-corrected chi connectivity index (χ2v) is 7.29. The number of carbonyl (C=O) groups excluding carboxylic acids is 1. The van der Waals surface area contributed by atoms with Crippen LogP contribution < -0.4 is 10.2 Å². The Labute approximate surface area is 164 Å². The van der Waals surface area contributed by atoms with Crippen LogP contribution in [-0.2, 0) is 4.79 Å². The summed E-state index contributed by atoms with van der Waals surface area (Å²) >= 11 is 3.40. The number of hydrogen-bond acceptors (Lipinski definition) is 6. The highest BCUT2D eigenvalue weighted by Crippen LogP contribution is 2.23. The average Bonchev–Trinajstić information content (AvgIpc) is 3.25. The van der Waals surface area contributed by atoms with Crippen LogP contribution in [0, 0.1) is 5.92 Å². The average molecular weight is 428 g/mol. The maximum atomic E-state index is 12.6. The summed E-state index contributed by atoms with van der Waals surface area (Å²) in [6, 6.07) is 11.3. The van der Waals surface area contributed by atoms with Gasteiger partial charge in [0.15, 0.2) is 11.6 Å². The Morgan fingerprint density at radius 2 is 1.89 bits per heavy atom. The molecule has 4 rings (SSSR count). The number of amides is 1. The van der Waals surface area contributed by atoms with E-state index >= 15 is 0 Å². The van der Waals surface area contributed by atoms with E-state index in [0.29, 0.717) is 12.4 Å². The van der Waals surface area contributed by atoms with E-state index in [1.807, 2.05) is 36.4 Å². The number of rotatable bonds is 4. The minimum Gasteiger partial charge on any atom is -0.354 e. The maximum absolute atomic E-state index is 12.6. The molecule has 0 radical (unpaired) electrons. The number of halogens is 1. The molecule has 1 N–H and O–H groups in total. The lowest BCUT2D eigenvalue weighted by Crippen LogP contribution is -2.41. The molecule has 9 heteroatoms. The van der Waals surface area contributed by atoms with Crippen LogP contribution in [0.4, 0.5) is 11.5 Å². The predicted molar refractivity (Wildman–Crippen MR) is 105 cm³/mol. The third kappa shape index (κ3) is 4.13. The Kier molecular flexibility index (Phi) is 5.10. The number of nitrogens with one attached hydrogen (secondary N) is 1. The van der Waals surface area contributed by atoms with E-state index in [0.717, 1.165) is 35.4 Å². The van der Waals surface area contributed by atoms with Gasteiger partial charge >= 0.3 is 0 Å². The normalized spacial score (nSPS) is 16.9. The molecule has 8 nitrogen and oxygen atoms in total. The minimum absolute atomic E-state index is 0.0363. The zero-order valence-electron chi connectivity index (χ0n) is 14.5. The van der Waals surface area contributed by atoms with Crippen molar-refractivity contribution in [2.75, 3.05) is 23.3 Å². The van der Waals surface area contributed by atoms with Crippen LogP contribution in [0.1, 0.15) is 12.8 Å². The lowest BCUT2D eigenvalue weighted by molar-refractivity contribution is -0.120. The third-order valence-electron chi connectivity index (χ3n) is 4.52. The van der Waals surface area contributed by atoms with Crippen molar-refractivity contribution in [3.8, 4) is 5.82 Å². The molecular weight excluding hydrogens is 410 g/mol. The Morgan fingerprint density at radius 3 is 2.59 bits per heavy atom. The largest absolute Gasteiger partial charge is 0.354 e. The third-order valence-corrected chi connectivity index (χ3v) is 5.05. The van der Waals surface area contributed by atoms with Crippen LogP contribution in [0.5, 0.6) is 0 Å². The number of anilines is 2. The molecular formula is C18H18BrN7O. The Bertz CT molecular complexity index is 896. The lowest BCUT2D eigenvalue weighted by Gasteiger charge is -2.32. The van der Waals surface area contributed by atoms with E-state index in [2.05, 4.69) is 46.4 Å². The molecule has 1 atom stereocenters. The Morgan fingerprint density at radius 1 is 1.11 bits per heavy atom. The van der Waals surface area contributed by atoms with Crippen LogP contribution in [-0.4, -0.2) is 44.0 Å². The highest BCUT2D eigenvalue weighted by atomic mass is 79.9. The second kappa shape index (κ2) is 7.83. The molecule has 138 valence electrons. The van der Waals surface area contributed by atoms with Gasteiger partial charge in [0.1, 0.15) is 12.7 Å². The molecule has 0 spiro atoms. The van der Waals surface area contributed by atoms with Gasteiger partial charge in [-0.25, -0.2) is 9.67 Å². The van der Waals surface area contributed by atoms with Crippen LogP contribution >= 0.6 is 15.9 Å². The molecule has 1 fully saturated rings. The first-order valence-electron chi connectivity index (χ1n) is 8.69. The first-order chi connectivity index (χ1) is 13.2. The summed E-state index contributed by atoms with van der Waals surface area (Å²) in [5.74, 6) is 1.33. The smallest absolute Gasteiger partial charge is 0.229 e. The first kappa shape index (κ1) is 17.6. The molecule has 2 aromatic heterocycles. The van der Waals surface area contributed by atoms with Crippen molar-refractivity contribution in [2.45, 2.75) is 12.8 Å². The summed E-state index contributed by atoms with van der Waals surface area (Å²) in [6.07, 6.45) is 4.83. The lowest BCUT2D eigenvalue weighted by atomic mass is 9.97. The van der Waals surface area contributed by atoms with Crippen LogP contribution in [0.25, 0.3) is 5.82 Å². The van der Waals surface area contributed by atoms with Crippen molar-refractivity contribution >= 4 is 33.3 Å². The topological polar surface area (TPSA) is 88.8 Å². The Balaban J connectivity index is 1.41. The molecule has 1 unspecified atom stereocenters. The van der Waals surface area contributed by atoms with E-state index in [9.17, 15) is 4.79 Å². The van der Waals surface area contributed by atoms with E-state index in [1.165, 1.54) is 6.33 Å². The van der Waals surface area contributed by atoms with Gasteiger partial charge < -0.3 is 10.2 Å². The number of aromatic nitrogens is 5. The molecule has 0 aliphatic carbocycles. The standard InChI is InChI=1S/C18H18BrN7O/c19-14-3-5-15(6-4-14)22-18(27)13-2-1-9-25(10-13)16-7-8-17(24-23-16)26-12-20-11-21-26/h3-8,11-13H,1-2,9-10H2,(H,22,27). The monoisotopic (exact) mass is 427 g/mol. The van der Waals surface area contributed by atoms with Gasteiger partial charge in [-0.3, -0.25) is 4.79 Å². The van der Waals surface area contributed by atoms with Crippen LogP contribution in [0.2, 0.25) is 0 Å². The number of carbonyl (C=O) groups is 1. The van der Waals surface area contributed by atoms with E-state index in [4.69, 9.17) is 0 Å². The predicted octanol–water partition coefficient (Wildman–Crippen LogP) is 2.67. The van der Waals surface area contributed by atoms with Crippen molar-refractivity contribution in [1.29, 1.82) is 0 Å². The molecule has 27 heavy (non-hydrogen) atoms. The molecule has 1 aromatic carbocycles. The van der Waals surface area contributed by atoms with Gasteiger partial charge in [-0.2, -0.15) is 5.10 Å². The summed E-state index contributed by atoms with van der Waals surface area (Å²) < 4.78 is 2.54. The number of nitrogens with zero attached hydrogens (tertiary/aromatic N) is 6. The SMILES string of the molecule is O=C(Nc1ccc(Br)cc1)C1CCCN(c2ccc(-n3cncn3)nn2)C1. The molecule has 3 heterocycles. The van der Waals surface area contributed by atoms with Gasteiger partial charge in [0, 0.05) is 23.2 Å². The van der Waals surface area contributed by atoms with Gasteiger partial charge in [0.05, 0.1) is 5.92 Å². The summed E-state index contributed by atoms with van der Waals surface area (Å²) in [5, 5.41) is 15.5. The maximum Gasteiger partial charge on any atom is 0.229 e. The van der Waals surface area contributed by atoms with Crippen molar-refractivity contribution in [2.24, 2.45) is 5.92 Å². The molecule has 0 bridgehead atoms. The summed E-state index contributed by atoms with van der Waals surface area (Å²) in [6.45, 7) is 1.49. The van der Waals surface area contributed by atoms with Crippen LogP contribution in [0.3, 0.4) is 0 Å². The zero-order chi connectivity index (χ0) is 18.6. The first-order valence-corrected chi connectivity index (χ1v) is 9.48. The zero-order valence-corrected chi connectivity index (χ0v) is 16.1. The van der Waals surface area contributed by atoms with Gasteiger partial charge in [-0.15, -0.1) is 10.2 Å². The van der Waals surface area contributed by atoms with Crippen molar-refractivity contribution < 1.29 is 4.79 Å². The summed E-state index contributed by atoms with van der Waals surface area (Å²) in [7, 11) is 0. The quantitative estimate of drug-likeness (QED) is 0.688.